The minimum atomic E-state index is -0.589. The Balaban J connectivity index is 1.49. The second-order valence-electron chi connectivity index (χ2n) is 8.02. The largest absolute Gasteiger partial charge is 0.381 e. The molecule has 0 radical (unpaired) electrons. The zero-order chi connectivity index (χ0) is 23.4. The number of carbonyl (C=O) groups excluding carboxylic acids is 1. The molecule has 1 saturated heterocycles. The number of aromatic nitrogens is 3. The van der Waals surface area contributed by atoms with Gasteiger partial charge in [-0.25, -0.2) is 14.4 Å². The molecule has 1 amide bonds. The number of rotatable bonds is 7. The van der Waals surface area contributed by atoms with Gasteiger partial charge in [-0.1, -0.05) is 11.6 Å². The van der Waals surface area contributed by atoms with Crippen LogP contribution in [0.4, 0.5) is 10.3 Å². The van der Waals surface area contributed by atoms with Crippen molar-refractivity contribution in [1.82, 2.24) is 20.3 Å². The number of benzene rings is 1. The van der Waals surface area contributed by atoms with E-state index in [1.54, 1.807) is 24.5 Å². The summed E-state index contributed by atoms with van der Waals surface area (Å²) in [5.41, 5.74) is 9.02. The lowest BCUT2D eigenvalue weighted by molar-refractivity contribution is 0.0903. The number of hydrogen-bond acceptors (Lipinski definition) is 6. The monoisotopic (exact) mass is 472 g/mol. The van der Waals surface area contributed by atoms with E-state index < -0.39 is 11.9 Å². The Morgan fingerprint density at radius 3 is 2.85 bits per heavy atom. The summed E-state index contributed by atoms with van der Waals surface area (Å²) in [7, 11) is 0. The van der Waals surface area contributed by atoms with Gasteiger partial charge < -0.3 is 26.1 Å². The second kappa shape index (κ2) is 10.3. The molecule has 0 aliphatic carbocycles. The van der Waals surface area contributed by atoms with Crippen molar-refractivity contribution in [3.63, 3.8) is 0 Å². The van der Waals surface area contributed by atoms with Gasteiger partial charge in [-0.15, -0.1) is 0 Å². The van der Waals surface area contributed by atoms with Crippen molar-refractivity contribution in [2.75, 3.05) is 25.1 Å². The average Bonchev–Trinajstić information content (AvgIpc) is 3.29. The number of nitrogens with two attached hydrogens (primary N) is 1. The molecule has 3 heterocycles. The summed E-state index contributed by atoms with van der Waals surface area (Å²) in [6.45, 7) is 3.44. The molecule has 0 spiro atoms. The minimum Gasteiger partial charge on any atom is -0.381 e. The summed E-state index contributed by atoms with van der Waals surface area (Å²) < 4.78 is 19.1. The lowest BCUT2D eigenvalue weighted by Gasteiger charge is -2.23. The van der Waals surface area contributed by atoms with Crippen LogP contribution in [0, 0.1) is 12.7 Å². The molecular weight excluding hydrogens is 447 g/mol. The Morgan fingerprint density at radius 1 is 1.33 bits per heavy atom. The van der Waals surface area contributed by atoms with E-state index in [4.69, 9.17) is 22.1 Å². The summed E-state index contributed by atoms with van der Waals surface area (Å²) >= 11 is 5.94. The number of aromatic amines is 1. The van der Waals surface area contributed by atoms with Crippen molar-refractivity contribution in [1.29, 1.82) is 0 Å². The van der Waals surface area contributed by atoms with Crippen LogP contribution in [-0.4, -0.2) is 46.7 Å². The second-order valence-corrected chi connectivity index (χ2v) is 8.46. The first-order valence-electron chi connectivity index (χ1n) is 10.8. The highest BCUT2D eigenvalue weighted by Gasteiger charge is 2.19. The summed E-state index contributed by atoms with van der Waals surface area (Å²) in [5, 5.41) is 6.42. The van der Waals surface area contributed by atoms with Crippen LogP contribution in [-0.2, 0) is 4.74 Å². The Morgan fingerprint density at radius 2 is 2.12 bits per heavy atom. The highest BCUT2D eigenvalue weighted by molar-refractivity contribution is 6.30. The van der Waals surface area contributed by atoms with Crippen LogP contribution in [0.15, 0.2) is 36.7 Å². The number of ether oxygens (including phenoxy) is 1. The van der Waals surface area contributed by atoms with Crippen LogP contribution in [0.3, 0.4) is 0 Å². The van der Waals surface area contributed by atoms with Crippen LogP contribution < -0.4 is 16.4 Å². The number of anilines is 1. The molecule has 5 N–H and O–H groups in total. The summed E-state index contributed by atoms with van der Waals surface area (Å²) in [6, 6.07) is 5.49. The van der Waals surface area contributed by atoms with Gasteiger partial charge >= 0.3 is 0 Å². The van der Waals surface area contributed by atoms with Crippen LogP contribution in [0.25, 0.3) is 11.3 Å². The topological polar surface area (TPSA) is 118 Å². The van der Waals surface area contributed by atoms with Gasteiger partial charge in [0.2, 0.25) is 5.95 Å². The van der Waals surface area contributed by atoms with Crippen molar-refractivity contribution in [3.05, 3.63) is 64.3 Å². The number of H-pyrrole nitrogens is 1. The molecule has 8 nitrogen and oxygen atoms in total. The number of amides is 1. The molecule has 0 bridgehead atoms. The maximum Gasteiger partial charge on any atom is 0.268 e. The zero-order valence-electron chi connectivity index (χ0n) is 18.2. The molecule has 1 unspecified atom stereocenters. The molecule has 1 atom stereocenters. The lowest BCUT2D eigenvalue weighted by Crippen LogP contribution is -2.33. The van der Waals surface area contributed by atoms with Crippen molar-refractivity contribution in [2.45, 2.75) is 31.8 Å². The third kappa shape index (κ3) is 5.68. The molecular formula is C23H26ClFN6O2. The first-order valence-corrected chi connectivity index (χ1v) is 11.1. The molecule has 0 saturated carbocycles. The van der Waals surface area contributed by atoms with Crippen molar-refractivity contribution in [3.8, 4) is 11.3 Å². The van der Waals surface area contributed by atoms with Crippen molar-refractivity contribution >= 4 is 23.5 Å². The summed E-state index contributed by atoms with van der Waals surface area (Å²) in [5.74, 6) is -0.318. The summed E-state index contributed by atoms with van der Waals surface area (Å²) in [6.07, 6.45) is 5.29. The number of halogens is 2. The molecule has 33 heavy (non-hydrogen) atoms. The van der Waals surface area contributed by atoms with Crippen molar-refractivity contribution < 1.29 is 13.9 Å². The van der Waals surface area contributed by atoms with Crippen LogP contribution in [0.2, 0.25) is 5.02 Å². The van der Waals surface area contributed by atoms with Gasteiger partial charge in [0.15, 0.2) is 0 Å². The Bertz CT molecular complexity index is 1110. The van der Waals surface area contributed by atoms with Gasteiger partial charge in [-0.3, -0.25) is 4.79 Å². The molecule has 1 aliphatic heterocycles. The fraction of sp³-hybridized carbons (Fsp3) is 0.348. The zero-order valence-corrected chi connectivity index (χ0v) is 19.0. The molecule has 2 aromatic heterocycles. The normalized spacial score (nSPS) is 15.3. The Hall–Kier alpha value is -3.01. The van der Waals surface area contributed by atoms with Crippen molar-refractivity contribution in [2.24, 2.45) is 5.73 Å². The molecule has 1 aliphatic rings. The van der Waals surface area contributed by atoms with Gasteiger partial charge in [0.1, 0.15) is 11.5 Å². The molecule has 3 aromatic rings. The number of nitrogens with one attached hydrogen (secondary N) is 3. The van der Waals surface area contributed by atoms with Gasteiger partial charge in [-0.2, -0.15) is 0 Å². The van der Waals surface area contributed by atoms with E-state index in [1.165, 1.54) is 12.1 Å². The SMILES string of the molecule is Cc1cnc(NC2CCOCC2)nc1-c1c[nH]c(C(=O)NC(CN)c2cc(F)cc(Cl)c2)c1. The Labute approximate surface area is 196 Å². The van der Waals surface area contributed by atoms with E-state index in [0.717, 1.165) is 42.9 Å². The lowest BCUT2D eigenvalue weighted by atomic mass is 10.1. The third-order valence-electron chi connectivity index (χ3n) is 5.56. The van der Waals surface area contributed by atoms with Gasteiger partial charge in [0.25, 0.3) is 5.91 Å². The molecule has 1 fully saturated rings. The number of hydrogen-bond donors (Lipinski definition) is 4. The molecule has 4 rings (SSSR count). The third-order valence-corrected chi connectivity index (χ3v) is 5.77. The molecule has 174 valence electrons. The van der Waals surface area contributed by atoms with Crippen LogP contribution >= 0.6 is 11.6 Å². The van der Waals surface area contributed by atoms with Crippen LogP contribution in [0.1, 0.15) is 40.5 Å². The van der Waals surface area contributed by atoms with E-state index in [-0.39, 0.29) is 23.5 Å². The van der Waals surface area contributed by atoms with E-state index in [2.05, 4.69) is 25.6 Å². The predicted octanol–water partition coefficient (Wildman–Crippen LogP) is 3.59. The number of aryl methyl sites for hydroxylation is 1. The highest BCUT2D eigenvalue weighted by Crippen LogP contribution is 2.24. The maximum absolute atomic E-state index is 13.7. The predicted molar refractivity (Wildman–Crippen MR) is 125 cm³/mol. The Kier molecular flexibility index (Phi) is 7.22. The first-order chi connectivity index (χ1) is 15.9. The first kappa shape index (κ1) is 23.2. The van der Waals surface area contributed by atoms with Gasteiger partial charge in [0, 0.05) is 48.8 Å². The quantitative estimate of drug-likeness (QED) is 0.417. The molecule has 1 aromatic carbocycles. The van der Waals surface area contributed by atoms with E-state index >= 15 is 0 Å². The fourth-order valence-corrected chi connectivity index (χ4v) is 4.01. The molecule has 10 heteroatoms. The van der Waals surface area contributed by atoms with E-state index in [9.17, 15) is 9.18 Å². The minimum absolute atomic E-state index is 0.0886. The van der Waals surface area contributed by atoms with E-state index in [1.807, 2.05) is 6.92 Å². The average molecular weight is 473 g/mol. The summed E-state index contributed by atoms with van der Waals surface area (Å²) in [4.78, 5) is 24.9. The smallest absolute Gasteiger partial charge is 0.268 e. The standard InChI is InChI=1S/C23H26ClFN6O2/c1-13-11-28-23(29-18-2-4-33-5-3-18)31-21(13)15-8-19(27-12-15)22(32)30-20(10-26)14-6-16(24)9-17(25)7-14/h6-9,11-12,18,20,27H,2-5,10,26H2,1H3,(H,30,32)(H,28,29,31). The van der Waals surface area contributed by atoms with Gasteiger partial charge in [-0.05, 0) is 55.2 Å². The van der Waals surface area contributed by atoms with Crippen LogP contribution in [0.5, 0.6) is 0 Å². The maximum atomic E-state index is 13.7. The highest BCUT2D eigenvalue weighted by atomic mass is 35.5. The van der Waals surface area contributed by atoms with E-state index in [0.29, 0.717) is 17.2 Å². The van der Waals surface area contributed by atoms with Gasteiger partial charge in [0.05, 0.1) is 11.7 Å². The fourth-order valence-electron chi connectivity index (χ4n) is 3.78. The number of carbonyl (C=O) groups is 1. The number of nitrogens with zero attached hydrogens (tertiary/aromatic N) is 2.